The third-order valence-corrected chi connectivity index (χ3v) is 8.54. The molecule has 1 aliphatic heterocycles. The molecule has 0 radical (unpaired) electrons. The summed E-state index contributed by atoms with van der Waals surface area (Å²) in [6, 6.07) is 10.1. The summed E-state index contributed by atoms with van der Waals surface area (Å²) in [5.41, 5.74) is -1.02. The Morgan fingerprint density at radius 1 is 0.788 bits per heavy atom. The number of para-hydroxylation sites is 2. The number of nitrogens with one attached hydrogen (secondary N) is 1. The second kappa shape index (κ2) is 9.88. The van der Waals surface area contributed by atoms with Crippen molar-refractivity contribution in [3.8, 4) is 0 Å². The van der Waals surface area contributed by atoms with Crippen molar-refractivity contribution < 1.29 is 26.7 Å². The number of piperazine rings is 1. The summed E-state index contributed by atoms with van der Waals surface area (Å²) >= 11 is 0. The molecule has 1 heterocycles. The normalized spacial score (nSPS) is 15.9. The zero-order valence-corrected chi connectivity index (χ0v) is 18.9. The Kier molecular flexibility index (Phi) is 7.38. The van der Waals surface area contributed by atoms with Gasteiger partial charge in [0, 0.05) is 51.4 Å². The van der Waals surface area contributed by atoms with Crippen molar-refractivity contribution >= 4 is 31.4 Å². The number of hydrogen-bond acceptors (Lipinski definition) is 9. The standard InChI is InChI=1S/C18H21N5O8S2/c24-22(25)15-5-1-3-7-17(15)32(28,29)19-9-10-20-11-13-21(14-12-20)33(30,31)18-8-4-2-6-16(18)23(26)27/h1-8,19H,9-14H2. The maximum atomic E-state index is 12.9. The third-order valence-electron chi connectivity index (χ3n) is 5.08. The number of sulfonamides is 2. The van der Waals surface area contributed by atoms with Crippen LogP contribution in [-0.4, -0.2) is 75.2 Å². The molecule has 0 unspecified atom stereocenters. The molecule has 33 heavy (non-hydrogen) atoms. The zero-order valence-electron chi connectivity index (χ0n) is 17.2. The summed E-state index contributed by atoms with van der Waals surface area (Å²) in [5.74, 6) is 0. The van der Waals surface area contributed by atoms with Crippen LogP contribution in [0.5, 0.6) is 0 Å². The molecule has 0 amide bonds. The van der Waals surface area contributed by atoms with E-state index in [2.05, 4.69) is 4.72 Å². The Balaban J connectivity index is 1.58. The highest BCUT2D eigenvalue weighted by Gasteiger charge is 2.33. The van der Waals surface area contributed by atoms with Crippen LogP contribution < -0.4 is 4.72 Å². The van der Waals surface area contributed by atoms with E-state index in [0.29, 0.717) is 0 Å². The van der Waals surface area contributed by atoms with Crippen LogP contribution >= 0.6 is 0 Å². The number of nitro groups is 2. The summed E-state index contributed by atoms with van der Waals surface area (Å²) in [6.07, 6.45) is 0. The molecule has 3 rings (SSSR count). The second-order valence-electron chi connectivity index (χ2n) is 7.09. The fourth-order valence-corrected chi connectivity index (χ4v) is 6.18. The Morgan fingerprint density at radius 3 is 1.82 bits per heavy atom. The average Bonchev–Trinajstić information content (AvgIpc) is 2.79. The van der Waals surface area contributed by atoms with E-state index in [0.717, 1.165) is 22.5 Å². The first-order chi connectivity index (χ1) is 15.5. The number of nitro benzene ring substituents is 2. The molecule has 13 nitrogen and oxygen atoms in total. The Labute approximate surface area is 190 Å². The summed E-state index contributed by atoms with van der Waals surface area (Å²) in [6.45, 7) is 0.932. The first-order valence-electron chi connectivity index (χ1n) is 9.73. The molecular formula is C18H21N5O8S2. The molecule has 0 spiro atoms. The molecule has 0 bridgehead atoms. The van der Waals surface area contributed by atoms with Gasteiger partial charge in [0.15, 0.2) is 9.79 Å². The molecule has 2 aromatic rings. The molecule has 1 fully saturated rings. The Hall–Kier alpha value is -2.98. The first-order valence-corrected chi connectivity index (χ1v) is 12.7. The van der Waals surface area contributed by atoms with Crippen LogP contribution in [0, 0.1) is 20.2 Å². The number of rotatable bonds is 9. The molecule has 15 heteroatoms. The van der Waals surface area contributed by atoms with Gasteiger partial charge in [-0.3, -0.25) is 25.1 Å². The van der Waals surface area contributed by atoms with E-state index >= 15 is 0 Å². The van der Waals surface area contributed by atoms with Gasteiger partial charge in [-0.1, -0.05) is 24.3 Å². The van der Waals surface area contributed by atoms with Gasteiger partial charge >= 0.3 is 0 Å². The monoisotopic (exact) mass is 499 g/mol. The van der Waals surface area contributed by atoms with Gasteiger partial charge in [0.2, 0.25) is 20.0 Å². The smallest absolute Gasteiger partial charge is 0.289 e. The fourth-order valence-electron chi connectivity index (χ4n) is 3.41. The van der Waals surface area contributed by atoms with E-state index in [-0.39, 0.29) is 44.2 Å². The summed E-state index contributed by atoms with van der Waals surface area (Å²) in [7, 11) is -8.17. The van der Waals surface area contributed by atoms with Crippen LogP contribution in [0.4, 0.5) is 11.4 Å². The molecule has 0 atom stereocenters. The van der Waals surface area contributed by atoms with Gasteiger partial charge in [-0.15, -0.1) is 0 Å². The predicted octanol–water partition coefficient (Wildman–Crippen LogP) is 0.788. The Bertz CT molecular complexity index is 1260. The lowest BCUT2D eigenvalue weighted by molar-refractivity contribution is -0.388. The minimum Gasteiger partial charge on any atom is -0.299 e. The lowest BCUT2D eigenvalue weighted by Gasteiger charge is -2.33. The molecule has 178 valence electrons. The number of nitrogens with zero attached hydrogens (tertiary/aromatic N) is 4. The van der Waals surface area contributed by atoms with Crippen molar-refractivity contribution in [3.63, 3.8) is 0 Å². The average molecular weight is 500 g/mol. The van der Waals surface area contributed by atoms with Crippen LogP contribution in [0.25, 0.3) is 0 Å². The van der Waals surface area contributed by atoms with Gasteiger partial charge < -0.3 is 0 Å². The van der Waals surface area contributed by atoms with Crippen molar-refractivity contribution in [1.82, 2.24) is 13.9 Å². The van der Waals surface area contributed by atoms with Gasteiger partial charge in [0.25, 0.3) is 11.4 Å². The molecular weight excluding hydrogens is 478 g/mol. The van der Waals surface area contributed by atoms with Gasteiger partial charge in [0.05, 0.1) is 9.85 Å². The Morgan fingerprint density at radius 2 is 1.27 bits per heavy atom. The van der Waals surface area contributed by atoms with Crippen molar-refractivity contribution in [2.24, 2.45) is 0 Å². The maximum Gasteiger partial charge on any atom is 0.289 e. The minimum absolute atomic E-state index is 0.0364. The van der Waals surface area contributed by atoms with Gasteiger partial charge in [-0.05, 0) is 12.1 Å². The SMILES string of the molecule is O=[N+]([O-])c1ccccc1S(=O)(=O)NCCN1CCN(S(=O)(=O)c2ccccc2[N+](=O)[O-])CC1. The zero-order chi connectivity index (χ0) is 24.2. The largest absolute Gasteiger partial charge is 0.299 e. The molecule has 0 aliphatic carbocycles. The van der Waals surface area contributed by atoms with Crippen molar-refractivity contribution in [1.29, 1.82) is 0 Å². The first kappa shape index (κ1) is 24.7. The van der Waals surface area contributed by atoms with Gasteiger partial charge in [-0.2, -0.15) is 4.31 Å². The van der Waals surface area contributed by atoms with Crippen LogP contribution in [0.3, 0.4) is 0 Å². The van der Waals surface area contributed by atoms with E-state index in [1.54, 1.807) is 0 Å². The molecule has 2 aromatic carbocycles. The van der Waals surface area contributed by atoms with E-state index in [4.69, 9.17) is 0 Å². The van der Waals surface area contributed by atoms with Crippen molar-refractivity contribution in [2.45, 2.75) is 9.79 Å². The van der Waals surface area contributed by atoms with E-state index in [9.17, 15) is 37.1 Å². The van der Waals surface area contributed by atoms with Crippen LogP contribution in [-0.2, 0) is 20.0 Å². The third kappa shape index (κ3) is 5.51. The highest BCUT2D eigenvalue weighted by Crippen LogP contribution is 2.27. The maximum absolute atomic E-state index is 12.9. The lowest BCUT2D eigenvalue weighted by atomic mass is 10.3. The van der Waals surface area contributed by atoms with E-state index in [1.807, 2.05) is 4.90 Å². The summed E-state index contributed by atoms with van der Waals surface area (Å²) < 4.78 is 54.1. The second-order valence-corrected chi connectivity index (χ2v) is 10.7. The van der Waals surface area contributed by atoms with Crippen molar-refractivity contribution in [3.05, 3.63) is 68.8 Å². The molecule has 0 saturated carbocycles. The summed E-state index contributed by atoms with van der Waals surface area (Å²) in [4.78, 5) is 21.8. The van der Waals surface area contributed by atoms with Crippen LogP contribution in [0.15, 0.2) is 58.3 Å². The predicted molar refractivity (Wildman–Crippen MR) is 117 cm³/mol. The molecule has 0 aromatic heterocycles. The fraction of sp³-hybridized carbons (Fsp3) is 0.333. The number of hydrogen-bond donors (Lipinski definition) is 1. The molecule has 1 saturated heterocycles. The van der Waals surface area contributed by atoms with Crippen LogP contribution in [0.2, 0.25) is 0 Å². The lowest BCUT2D eigenvalue weighted by Crippen LogP contribution is -2.50. The quantitative estimate of drug-likeness (QED) is 0.386. The topological polar surface area (TPSA) is 173 Å². The highest BCUT2D eigenvalue weighted by molar-refractivity contribution is 7.89. The summed E-state index contributed by atoms with van der Waals surface area (Å²) in [5, 5.41) is 22.3. The molecule has 1 aliphatic rings. The highest BCUT2D eigenvalue weighted by atomic mass is 32.2. The van der Waals surface area contributed by atoms with E-state index in [1.165, 1.54) is 30.3 Å². The number of benzene rings is 2. The molecule has 1 N–H and O–H groups in total. The minimum atomic E-state index is -4.11. The van der Waals surface area contributed by atoms with E-state index < -0.39 is 46.2 Å². The van der Waals surface area contributed by atoms with Crippen molar-refractivity contribution in [2.75, 3.05) is 39.3 Å². The van der Waals surface area contributed by atoms with Crippen LogP contribution in [0.1, 0.15) is 0 Å². The van der Waals surface area contributed by atoms with Gasteiger partial charge in [0.1, 0.15) is 0 Å². The van der Waals surface area contributed by atoms with Gasteiger partial charge in [-0.25, -0.2) is 21.6 Å².